The number of hydrogen-bond donors (Lipinski definition) is 2. The molecule has 1 atom stereocenters. The van der Waals surface area contributed by atoms with Crippen LogP contribution < -0.4 is 10.5 Å². The number of esters is 1. The van der Waals surface area contributed by atoms with Crippen LogP contribution in [0.15, 0.2) is 64.4 Å². The number of sulfonamides is 1. The van der Waals surface area contributed by atoms with Crippen molar-refractivity contribution in [3.8, 4) is 0 Å². The van der Waals surface area contributed by atoms with E-state index < -0.39 is 28.0 Å². The highest BCUT2D eigenvalue weighted by molar-refractivity contribution is 7.99. The maximum atomic E-state index is 12.1. The molecule has 0 bridgehead atoms. The molecule has 0 saturated carbocycles. The number of hydrogen-bond acceptors (Lipinski definition) is 6. The number of carbonyl (C=O) groups excluding carboxylic acids is 2. The van der Waals surface area contributed by atoms with Gasteiger partial charge in [-0.1, -0.05) is 18.2 Å². The van der Waals surface area contributed by atoms with Gasteiger partial charge in [0.1, 0.15) is 0 Å². The number of primary sulfonamides is 1. The Hall–Kier alpha value is -2.36. The van der Waals surface area contributed by atoms with E-state index in [1.807, 2.05) is 30.3 Å². The fourth-order valence-electron chi connectivity index (χ4n) is 2.05. The van der Waals surface area contributed by atoms with Gasteiger partial charge in [0, 0.05) is 16.3 Å². The summed E-state index contributed by atoms with van der Waals surface area (Å²) in [6, 6.07) is 15.0. The Labute approximate surface area is 162 Å². The van der Waals surface area contributed by atoms with Crippen LogP contribution >= 0.6 is 11.8 Å². The van der Waals surface area contributed by atoms with Crippen molar-refractivity contribution in [2.24, 2.45) is 5.14 Å². The lowest BCUT2D eigenvalue weighted by molar-refractivity contribution is -0.152. The number of carbonyl (C=O) groups is 2. The van der Waals surface area contributed by atoms with E-state index >= 15 is 0 Å². The molecule has 0 radical (unpaired) electrons. The van der Waals surface area contributed by atoms with Crippen molar-refractivity contribution in [3.05, 3.63) is 54.6 Å². The molecule has 9 heteroatoms. The molecule has 0 saturated heterocycles. The van der Waals surface area contributed by atoms with E-state index in [0.29, 0.717) is 11.4 Å². The van der Waals surface area contributed by atoms with Crippen molar-refractivity contribution in [1.82, 2.24) is 0 Å². The van der Waals surface area contributed by atoms with Gasteiger partial charge in [0.15, 0.2) is 6.10 Å². The molecule has 2 rings (SSSR count). The first kappa shape index (κ1) is 20.9. The summed E-state index contributed by atoms with van der Waals surface area (Å²) in [5.41, 5.74) is 0.370. The minimum atomic E-state index is -3.79. The Balaban J connectivity index is 1.78. The third-order valence-corrected chi connectivity index (χ3v) is 5.39. The molecular formula is C18H20N2O5S2. The van der Waals surface area contributed by atoms with Crippen LogP contribution in [0.25, 0.3) is 0 Å². The van der Waals surface area contributed by atoms with E-state index in [1.54, 1.807) is 0 Å². The van der Waals surface area contributed by atoms with Crippen LogP contribution in [-0.4, -0.2) is 32.2 Å². The zero-order valence-corrected chi connectivity index (χ0v) is 16.3. The van der Waals surface area contributed by atoms with Gasteiger partial charge in [-0.2, -0.15) is 0 Å². The fourth-order valence-corrected chi connectivity index (χ4v) is 3.42. The fraction of sp³-hybridized carbons (Fsp3) is 0.222. The van der Waals surface area contributed by atoms with Gasteiger partial charge in [-0.15, -0.1) is 11.8 Å². The standard InChI is InChI=1S/C18H20N2O5S2/c1-13(25-17(21)11-12-26-15-5-3-2-4-6-15)18(22)20-14-7-9-16(10-8-14)27(19,23)24/h2-10,13H,11-12H2,1H3,(H,20,22)(H2,19,23,24)/t13-/m0/s1. The summed E-state index contributed by atoms with van der Waals surface area (Å²) in [6.45, 7) is 1.47. The summed E-state index contributed by atoms with van der Waals surface area (Å²) < 4.78 is 27.5. The van der Waals surface area contributed by atoms with Crippen molar-refractivity contribution in [1.29, 1.82) is 0 Å². The minimum absolute atomic E-state index is 0.0594. The lowest BCUT2D eigenvalue weighted by atomic mass is 10.3. The monoisotopic (exact) mass is 408 g/mol. The average molecular weight is 409 g/mol. The van der Waals surface area contributed by atoms with E-state index in [1.165, 1.54) is 43.0 Å². The molecule has 27 heavy (non-hydrogen) atoms. The first-order chi connectivity index (χ1) is 12.8. The summed E-state index contributed by atoms with van der Waals surface area (Å²) in [7, 11) is -3.79. The van der Waals surface area contributed by atoms with Gasteiger partial charge in [0.25, 0.3) is 5.91 Å². The SMILES string of the molecule is C[C@H](OC(=O)CCSc1ccccc1)C(=O)Nc1ccc(S(N)(=O)=O)cc1. The number of benzene rings is 2. The molecule has 2 aromatic rings. The number of rotatable bonds is 8. The summed E-state index contributed by atoms with van der Waals surface area (Å²) in [6.07, 6.45) is -0.794. The molecular weight excluding hydrogens is 388 g/mol. The average Bonchev–Trinajstić information content (AvgIpc) is 2.62. The van der Waals surface area contributed by atoms with Crippen LogP contribution in [0.3, 0.4) is 0 Å². The summed E-state index contributed by atoms with van der Waals surface area (Å²) in [5.74, 6) is -0.431. The number of anilines is 1. The number of nitrogens with one attached hydrogen (secondary N) is 1. The largest absolute Gasteiger partial charge is 0.453 e. The first-order valence-corrected chi connectivity index (χ1v) is 10.6. The third kappa shape index (κ3) is 7.05. The van der Waals surface area contributed by atoms with E-state index in [4.69, 9.17) is 9.88 Å². The molecule has 0 unspecified atom stereocenters. The van der Waals surface area contributed by atoms with Crippen LogP contribution in [0.2, 0.25) is 0 Å². The van der Waals surface area contributed by atoms with Crippen LogP contribution in [-0.2, 0) is 24.3 Å². The van der Waals surface area contributed by atoms with Gasteiger partial charge >= 0.3 is 5.97 Å². The molecule has 0 heterocycles. The lowest BCUT2D eigenvalue weighted by Crippen LogP contribution is -2.30. The van der Waals surface area contributed by atoms with Crippen molar-refractivity contribution in [2.45, 2.75) is 29.2 Å². The predicted octanol–water partition coefficient (Wildman–Crippen LogP) is 2.39. The van der Waals surface area contributed by atoms with E-state index in [-0.39, 0.29) is 11.3 Å². The molecule has 0 aliphatic carbocycles. The smallest absolute Gasteiger partial charge is 0.307 e. The molecule has 0 aromatic heterocycles. The molecule has 7 nitrogen and oxygen atoms in total. The maximum Gasteiger partial charge on any atom is 0.307 e. The van der Waals surface area contributed by atoms with Gasteiger partial charge in [-0.25, -0.2) is 13.6 Å². The van der Waals surface area contributed by atoms with E-state index in [2.05, 4.69) is 5.32 Å². The lowest BCUT2D eigenvalue weighted by Gasteiger charge is -2.13. The second kappa shape index (κ2) is 9.54. The Bertz CT molecular complexity index is 884. The van der Waals surface area contributed by atoms with E-state index in [0.717, 1.165) is 4.90 Å². The highest BCUT2D eigenvalue weighted by Crippen LogP contribution is 2.18. The molecule has 144 valence electrons. The molecule has 0 aliphatic heterocycles. The number of thioether (sulfide) groups is 1. The molecule has 1 amide bonds. The number of amides is 1. The van der Waals surface area contributed by atoms with Crippen molar-refractivity contribution in [3.63, 3.8) is 0 Å². The summed E-state index contributed by atoms with van der Waals surface area (Å²) >= 11 is 1.53. The quantitative estimate of drug-likeness (QED) is 0.512. The minimum Gasteiger partial charge on any atom is -0.453 e. The van der Waals surface area contributed by atoms with Crippen LogP contribution in [0.1, 0.15) is 13.3 Å². The highest BCUT2D eigenvalue weighted by atomic mass is 32.2. The predicted molar refractivity (Wildman–Crippen MR) is 104 cm³/mol. The second-order valence-corrected chi connectivity index (χ2v) is 8.33. The molecule has 0 fully saturated rings. The van der Waals surface area contributed by atoms with Gasteiger partial charge < -0.3 is 10.1 Å². The summed E-state index contributed by atoms with van der Waals surface area (Å²) in [5, 5.41) is 7.56. The van der Waals surface area contributed by atoms with Crippen LogP contribution in [0, 0.1) is 0 Å². The number of ether oxygens (including phenoxy) is 1. The normalized spacial score (nSPS) is 12.2. The number of nitrogens with two attached hydrogens (primary N) is 1. The maximum absolute atomic E-state index is 12.1. The summed E-state index contributed by atoms with van der Waals surface area (Å²) in [4.78, 5) is 24.9. The third-order valence-electron chi connectivity index (χ3n) is 3.45. The Morgan fingerprint density at radius 1 is 1.11 bits per heavy atom. The van der Waals surface area contributed by atoms with Crippen molar-refractivity contribution >= 4 is 39.3 Å². The Kier molecular flexibility index (Phi) is 7.40. The van der Waals surface area contributed by atoms with Crippen LogP contribution in [0.5, 0.6) is 0 Å². The highest BCUT2D eigenvalue weighted by Gasteiger charge is 2.18. The molecule has 0 aliphatic rings. The van der Waals surface area contributed by atoms with E-state index in [9.17, 15) is 18.0 Å². The Morgan fingerprint density at radius 3 is 2.33 bits per heavy atom. The van der Waals surface area contributed by atoms with Gasteiger partial charge in [0.2, 0.25) is 10.0 Å². The molecule has 2 aromatic carbocycles. The van der Waals surface area contributed by atoms with Gasteiger partial charge in [-0.3, -0.25) is 9.59 Å². The van der Waals surface area contributed by atoms with Crippen molar-refractivity contribution in [2.75, 3.05) is 11.1 Å². The molecule has 3 N–H and O–H groups in total. The van der Waals surface area contributed by atoms with Crippen molar-refractivity contribution < 1.29 is 22.7 Å². The topological polar surface area (TPSA) is 116 Å². The van der Waals surface area contributed by atoms with Crippen LogP contribution in [0.4, 0.5) is 5.69 Å². The van der Waals surface area contributed by atoms with Gasteiger partial charge in [0.05, 0.1) is 11.3 Å². The second-order valence-electron chi connectivity index (χ2n) is 5.60. The van der Waals surface area contributed by atoms with Gasteiger partial charge in [-0.05, 0) is 43.3 Å². The first-order valence-electron chi connectivity index (χ1n) is 8.07. The Morgan fingerprint density at radius 2 is 1.74 bits per heavy atom. The zero-order valence-electron chi connectivity index (χ0n) is 14.6. The zero-order chi connectivity index (χ0) is 19.9. The molecule has 0 spiro atoms.